The highest BCUT2D eigenvalue weighted by Crippen LogP contribution is 2.23. The van der Waals surface area contributed by atoms with E-state index in [1.807, 2.05) is 4.90 Å². The van der Waals surface area contributed by atoms with Crippen molar-refractivity contribution in [1.29, 1.82) is 0 Å². The van der Waals surface area contributed by atoms with Gasteiger partial charge in [0.25, 0.3) is 10.1 Å². The third-order valence-corrected chi connectivity index (χ3v) is 3.49. The van der Waals surface area contributed by atoms with Gasteiger partial charge in [-0.3, -0.25) is 4.99 Å². The second kappa shape index (κ2) is 4.71. The summed E-state index contributed by atoms with van der Waals surface area (Å²) < 4.78 is 27.5. The third-order valence-electron chi connectivity index (χ3n) is 2.92. The largest absolute Gasteiger partial charge is 0.334 e. The number of rotatable bonds is 2. The summed E-state index contributed by atoms with van der Waals surface area (Å²) in [4.78, 5) is 6.48. The fraction of sp³-hybridized carbons (Fsp3) is 0.900. The van der Waals surface area contributed by atoms with E-state index in [0.717, 1.165) is 57.3 Å². The van der Waals surface area contributed by atoms with Gasteiger partial charge in [-0.05, 0) is 25.7 Å². The number of aliphatic imine (C=N–C) groups is 1. The molecule has 6 heteroatoms. The Hall–Kier alpha value is -0.620. The van der Waals surface area contributed by atoms with Crippen molar-refractivity contribution in [3.8, 4) is 0 Å². The second-order valence-corrected chi connectivity index (χ2v) is 5.95. The molecule has 2 heterocycles. The van der Waals surface area contributed by atoms with Crippen LogP contribution in [0.5, 0.6) is 0 Å². The smallest absolute Gasteiger partial charge is 0.266 e. The summed E-state index contributed by atoms with van der Waals surface area (Å²) in [5.74, 6) is 1.03. The lowest BCUT2D eigenvalue weighted by atomic mass is 10.2. The molecule has 16 heavy (non-hydrogen) atoms. The highest BCUT2D eigenvalue weighted by Gasteiger charge is 2.29. The van der Waals surface area contributed by atoms with Crippen LogP contribution in [0.1, 0.15) is 32.1 Å². The minimum Gasteiger partial charge on any atom is -0.334 e. The van der Waals surface area contributed by atoms with Crippen LogP contribution in [0.25, 0.3) is 0 Å². The van der Waals surface area contributed by atoms with Gasteiger partial charge in [0.05, 0.1) is 6.26 Å². The summed E-state index contributed by atoms with van der Waals surface area (Å²) in [6.07, 6.45) is 5.53. The Bertz CT molecular complexity index is 378. The summed E-state index contributed by atoms with van der Waals surface area (Å²) >= 11 is 0. The van der Waals surface area contributed by atoms with Crippen molar-refractivity contribution in [1.82, 2.24) is 4.90 Å². The van der Waals surface area contributed by atoms with Crippen LogP contribution in [0.15, 0.2) is 4.99 Å². The topological polar surface area (TPSA) is 59.0 Å². The zero-order chi connectivity index (χ0) is 11.6. The first-order valence-electron chi connectivity index (χ1n) is 5.74. The van der Waals surface area contributed by atoms with Crippen LogP contribution in [0.4, 0.5) is 0 Å². The van der Waals surface area contributed by atoms with E-state index < -0.39 is 10.1 Å². The molecule has 2 aliphatic heterocycles. The minimum atomic E-state index is -3.39. The molecule has 0 aliphatic carbocycles. The van der Waals surface area contributed by atoms with Gasteiger partial charge in [0.2, 0.25) is 0 Å². The molecule has 1 atom stereocenters. The molecule has 5 nitrogen and oxygen atoms in total. The number of amidine groups is 1. The van der Waals surface area contributed by atoms with Crippen LogP contribution in [-0.2, 0) is 14.3 Å². The molecule has 0 amide bonds. The Kier molecular flexibility index (Phi) is 3.49. The first-order chi connectivity index (χ1) is 7.56. The normalized spacial score (nSPS) is 26.9. The van der Waals surface area contributed by atoms with Crippen LogP contribution >= 0.6 is 0 Å². The van der Waals surface area contributed by atoms with Crippen LogP contribution in [0.2, 0.25) is 0 Å². The first-order valence-corrected chi connectivity index (χ1v) is 7.56. The third kappa shape index (κ3) is 2.95. The van der Waals surface area contributed by atoms with Crippen molar-refractivity contribution in [3.05, 3.63) is 0 Å². The molecule has 0 radical (unpaired) electrons. The van der Waals surface area contributed by atoms with Crippen molar-refractivity contribution < 1.29 is 12.6 Å². The standard InChI is InChI=1S/C10H18N2O3S/c1-16(13,14)15-10-6-3-2-5-9-11-7-4-8-12(9)10/h10H,2-8H2,1H3. The Morgan fingerprint density at radius 2 is 2.19 bits per heavy atom. The summed E-state index contributed by atoms with van der Waals surface area (Å²) in [5.41, 5.74) is 0. The zero-order valence-electron chi connectivity index (χ0n) is 9.55. The Morgan fingerprint density at radius 1 is 1.38 bits per heavy atom. The fourth-order valence-electron chi connectivity index (χ4n) is 2.26. The van der Waals surface area contributed by atoms with E-state index in [9.17, 15) is 8.42 Å². The predicted octanol–water partition coefficient (Wildman–Crippen LogP) is 0.967. The first kappa shape index (κ1) is 11.9. The van der Waals surface area contributed by atoms with Crippen molar-refractivity contribution in [3.63, 3.8) is 0 Å². The molecule has 0 spiro atoms. The maximum atomic E-state index is 11.2. The second-order valence-electron chi connectivity index (χ2n) is 4.35. The average molecular weight is 246 g/mol. The molecule has 1 fully saturated rings. The number of hydrogen-bond donors (Lipinski definition) is 0. The molecule has 0 aromatic carbocycles. The molecular weight excluding hydrogens is 228 g/mol. The maximum absolute atomic E-state index is 11.2. The van der Waals surface area contributed by atoms with Gasteiger partial charge in [-0.1, -0.05) is 0 Å². The fourth-order valence-corrected chi connectivity index (χ4v) is 2.87. The molecule has 0 bridgehead atoms. The molecule has 0 N–H and O–H groups in total. The van der Waals surface area contributed by atoms with Gasteiger partial charge < -0.3 is 4.90 Å². The lowest BCUT2D eigenvalue weighted by Crippen LogP contribution is -2.44. The highest BCUT2D eigenvalue weighted by molar-refractivity contribution is 7.86. The summed E-state index contributed by atoms with van der Waals surface area (Å²) in [6, 6.07) is 0. The molecule has 2 aliphatic rings. The summed E-state index contributed by atoms with van der Waals surface area (Å²) in [5, 5.41) is 0. The molecule has 2 rings (SSSR count). The maximum Gasteiger partial charge on any atom is 0.266 e. The summed E-state index contributed by atoms with van der Waals surface area (Å²) in [7, 11) is -3.39. The van der Waals surface area contributed by atoms with Gasteiger partial charge in [0.15, 0.2) is 0 Å². The molecule has 1 saturated heterocycles. The van der Waals surface area contributed by atoms with Crippen molar-refractivity contribution in [2.45, 2.75) is 38.3 Å². The van der Waals surface area contributed by atoms with E-state index >= 15 is 0 Å². The number of nitrogens with zero attached hydrogens (tertiary/aromatic N) is 2. The van der Waals surface area contributed by atoms with Crippen molar-refractivity contribution in [2.75, 3.05) is 19.3 Å². The van der Waals surface area contributed by atoms with Crippen LogP contribution in [-0.4, -0.2) is 44.7 Å². The quantitative estimate of drug-likeness (QED) is 0.681. The van der Waals surface area contributed by atoms with E-state index in [2.05, 4.69) is 4.99 Å². The van der Waals surface area contributed by atoms with E-state index in [1.165, 1.54) is 0 Å². The average Bonchev–Trinajstić information content (AvgIpc) is 2.39. The predicted molar refractivity (Wildman–Crippen MR) is 61.8 cm³/mol. The SMILES string of the molecule is CS(=O)(=O)OC1CCCCC2=NCCCN21. The lowest BCUT2D eigenvalue weighted by molar-refractivity contribution is 0.0753. The van der Waals surface area contributed by atoms with Crippen LogP contribution in [0.3, 0.4) is 0 Å². The Balaban J connectivity index is 2.16. The van der Waals surface area contributed by atoms with Gasteiger partial charge in [0, 0.05) is 19.5 Å². The van der Waals surface area contributed by atoms with E-state index in [4.69, 9.17) is 4.18 Å². The van der Waals surface area contributed by atoms with Crippen LogP contribution < -0.4 is 0 Å². The molecular formula is C10H18N2O3S. The van der Waals surface area contributed by atoms with E-state index in [0.29, 0.717) is 0 Å². The van der Waals surface area contributed by atoms with Crippen molar-refractivity contribution in [2.24, 2.45) is 4.99 Å². The van der Waals surface area contributed by atoms with Crippen LogP contribution in [0, 0.1) is 0 Å². The monoisotopic (exact) mass is 246 g/mol. The van der Waals surface area contributed by atoms with Gasteiger partial charge >= 0.3 is 0 Å². The van der Waals surface area contributed by atoms with Gasteiger partial charge in [-0.2, -0.15) is 8.42 Å². The molecule has 1 unspecified atom stereocenters. The van der Waals surface area contributed by atoms with Gasteiger partial charge in [-0.25, -0.2) is 4.18 Å². The highest BCUT2D eigenvalue weighted by atomic mass is 32.2. The minimum absolute atomic E-state index is 0.337. The molecule has 92 valence electrons. The zero-order valence-corrected chi connectivity index (χ0v) is 10.4. The Morgan fingerprint density at radius 3 is 2.94 bits per heavy atom. The molecule has 0 aromatic rings. The van der Waals surface area contributed by atoms with E-state index in [1.54, 1.807) is 0 Å². The summed E-state index contributed by atoms with van der Waals surface area (Å²) in [6.45, 7) is 1.72. The Labute approximate surface area is 96.6 Å². The number of fused-ring (bicyclic) bond motifs is 1. The van der Waals surface area contributed by atoms with Gasteiger partial charge in [0.1, 0.15) is 12.1 Å². The lowest BCUT2D eigenvalue weighted by Gasteiger charge is -2.33. The molecule has 0 aromatic heterocycles. The van der Waals surface area contributed by atoms with E-state index in [-0.39, 0.29) is 6.23 Å². The van der Waals surface area contributed by atoms with Gasteiger partial charge in [-0.15, -0.1) is 0 Å². The number of hydrogen-bond acceptors (Lipinski definition) is 5. The molecule has 0 saturated carbocycles. The van der Waals surface area contributed by atoms with Crippen molar-refractivity contribution >= 4 is 16.0 Å².